The second-order valence-electron chi connectivity index (χ2n) is 5.04. The van der Waals surface area contributed by atoms with Gasteiger partial charge in [0.15, 0.2) is 5.84 Å². The fourth-order valence-electron chi connectivity index (χ4n) is 1.13. The van der Waals surface area contributed by atoms with Crippen LogP contribution in [0.4, 0.5) is 0 Å². The SMILES string of the molecule is CONC(=NC(C)[Si](C)(C)C)c1ccccn1. The molecule has 5 heteroatoms. The number of nitrogens with one attached hydrogen (secondary N) is 1. The van der Waals surface area contributed by atoms with Gasteiger partial charge in [0.05, 0.1) is 15.2 Å². The molecule has 1 heterocycles. The topological polar surface area (TPSA) is 46.5 Å². The Balaban J connectivity index is 2.98. The second-order valence-corrected chi connectivity index (χ2v) is 10.6. The van der Waals surface area contributed by atoms with Gasteiger partial charge in [0, 0.05) is 11.9 Å². The summed E-state index contributed by atoms with van der Waals surface area (Å²) >= 11 is 0. The van der Waals surface area contributed by atoms with Gasteiger partial charge in [0.25, 0.3) is 0 Å². The van der Waals surface area contributed by atoms with E-state index >= 15 is 0 Å². The molecule has 0 spiro atoms. The Morgan fingerprint density at radius 1 is 1.41 bits per heavy atom. The molecule has 1 aromatic rings. The van der Waals surface area contributed by atoms with Gasteiger partial charge < -0.3 is 0 Å². The molecule has 0 fully saturated rings. The second kappa shape index (κ2) is 5.93. The first-order chi connectivity index (χ1) is 7.95. The third-order valence-electron chi connectivity index (χ3n) is 2.68. The molecule has 1 atom stereocenters. The van der Waals surface area contributed by atoms with Gasteiger partial charge in [-0.25, -0.2) is 5.48 Å². The van der Waals surface area contributed by atoms with E-state index in [1.54, 1.807) is 13.3 Å². The molecule has 1 aromatic heterocycles. The zero-order valence-corrected chi connectivity index (χ0v) is 12.2. The molecule has 1 N–H and O–H groups in total. The van der Waals surface area contributed by atoms with Crippen molar-refractivity contribution >= 4 is 13.9 Å². The van der Waals surface area contributed by atoms with Crippen LogP contribution in [0.1, 0.15) is 12.6 Å². The first-order valence-electron chi connectivity index (χ1n) is 5.73. The van der Waals surface area contributed by atoms with Gasteiger partial charge >= 0.3 is 0 Å². The fourth-order valence-corrected chi connectivity index (χ4v) is 1.65. The maximum atomic E-state index is 4.97. The minimum absolute atomic E-state index is 0.308. The zero-order valence-electron chi connectivity index (χ0n) is 11.2. The molecule has 0 amide bonds. The molecular formula is C12H21N3OSi. The van der Waals surface area contributed by atoms with E-state index in [-0.39, 0.29) is 0 Å². The molecular weight excluding hydrogens is 230 g/mol. The van der Waals surface area contributed by atoms with Crippen LogP contribution in [0.15, 0.2) is 29.4 Å². The summed E-state index contributed by atoms with van der Waals surface area (Å²) in [5.41, 5.74) is 3.92. The summed E-state index contributed by atoms with van der Waals surface area (Å²) in [4.78, 5) is 13.9. The molecule has 1 rings (SSSR count). The molecule has 0 aliphatic rings. The van der Waals surface area contributed by atoms with Gasteiger partial charge in [-0.3, -0.25) is 14.8 Å². The van der Waals surface area contributed by atoms with E-state index in [0.717, 1.165) is 5.69 Å². The smallest absolute Gasteiger partial charge is 0.171 e. The van der Waals surface area contributed by atoms with Crippen molar-refractivity contribution in [2.75, 3.05) is 7.11 Å². The highest BCUT2D eigenvalue weighted by atomic mass is 28.3. The van der Waals surface area contributed by atoms with Crippen molar-refractivity contribution in [3.8, 4) is 0 Å². The van der Waals surface area contributed by atoms with E-state index in [0.29, 0.717) is 11.5 Å². The molecule has 4 nitrogen and oxygen atoms in total. The lowest BCUT2D eigenvalue weighted by Crippen LogP contribution is -2.37. The molecule has 0 aliphatic heterocycles. The molecule has 94 valence electrons. The van der Waals surface area contributed by atoms with Crippen LogP contribution in [0.3, 0.4) is 0 Å². The van der Waals surface area contributed by atoms with Crippen molar-refractivity contribution in [3.05, 3.63) is 30.1 Å². The van der Waals surface area contributed by atoms with Crippen molar-refractivity contribution in [3.63, 3.8) is 0 Å². The summed E-state index contributed by atoms with van der Waals surface area (Å²) in [6.45, 7) is 9.03. The van der Waals surface area contributed by atoms with Crippen molar-refractivity contribution in [2.45, 2.75) is 32.2 Å². The van der Waals surface area contributed by atoms with Crippen molar-refractivity contribution in [1.82, 2.24) is 10.5 Å². The van der Waals surface area contributed by atoms with Crippen molar-refractivity contribution in [1.29, 1.82) is 0 Å². The highest BCUT2D eigenvalue weighted by Gasteiger charge is 2.22. The Morgan fingerprint density at radius 2 is 2.12 bits per heavy atom. The highest BCUT2D eigenvalue weighted by Crippen LogP contribution is 2.11. The van der Waals surface area contributed by atoms with Crippen LogP contribution in [0.2, 0.25) is 19.6 Å². The first kappa shape index (κ1) is 13.9. The molecule has 0 aliphatic carbocycles. The summed E-state index contributed by atoms with van der Waals surface area (Å²) in [5, 5.41) is 0. The molecule has 0 saturated carbocycles. The maximum absolute atomic E-state index is 4.97. The Kier molecular flexibility index (Phi) is 4.83. The molecule has 0 radical (unpaired) electrons. The average molecular weight is 251 g/mol. The lowest BCUT2D eigenvalue weighted by atomic mass is 10.3. The van der Waals surface area contributed by atoms with Crippen LogP contribution in [0.25, 0.3) is 0 Å². The van der Waals surface area contributed by atoms with Crippen LogP contribution in [0.5, 0.6) is 0 Å². The lowest BCUT2D eigenvalue weighted by Gasteiger charge is -2.22. The fraction of sp³-hybridized carbons (Fsp3) is 0.500. The van der Waals surface area contributed by atoms with E-state index in [1.807, 2.05) is 18.2 Å². The minimum atomic E-state index is -1.30. The summed E-state index contributed by atoms with van der Waals surface area (Å²) in [6, 6.07) is 5.74. The average Bonchev–Trinajstić information content (AvgIpc) is 2.28. The standard InChI is InChI=1S/C12H21N3OSi/c1-10(17(3,4)5)14-12(15-16-2)11-8-6-7-9-13-11/h6-10H,1-5H3,(H,14,15). The van der Waals surface area contributed by atoms with Gasteiger partial charge in [-0.05, 0) is 19.1 Å². The van der Waals surface area contributed by atoms with Gasteiger partial charge in [0.1, 0.15) is 5.69 Å². The van der Waals surface area contributed by atoms with E-state index in [4.69, 9.17) is 4.84 Å². The van der Waals surface area contributed by atoms with E-state index in [9.17, 15) is 0 Å². The largest absolute Gasteiger partial charge is 0.278 e. The van der Waals surface area contributed by atoms with Crippen LogP contribution in [-0.4, -0.2) is 31.7 Å². The predicted molar refractivity (Wildman–Crippen MR) is 73.7 cm³/mol. The van der Waals surface area contributed by atoms with Gasteiger partial charge in [-0.1, -0.05) is 25.7 Å². The Morgan fingerprint density at radius 3 is 2.59 bits per heavy atom. The van der Waals surface area contributed by atoms with E-state index in [2.05, 4.69) is 42.0 Å². The van der Waals surface area contributed by atoms with E-state index < -0.39 is 8.07 Å². The number of nitrogens with zero attached hydrogens (tertiary/aromatic N) is 2. The lowest BCUT2D eigenvalue weighted by molar-refractivity contribution is 0.144. The Hall–Kier alpha value is -1.20. The molecule has 17 heavy (non-hydrogen) atoms. The number of hydrogen-bond acceptors (Lipinski definition) is 3. The minimum Gasteiger partial charge on any atom is -0.278 e. The molecule has 0 bridgehead atoms. The number of amidine groups is 1. The third kappa shape index (κ3) is 4.28. The number of hydroxylamine groups is 1. The summed E-state index contributed by atoms with van der Waals surface area (Å²) in [5.74, 6) is 0.697. The number of rotatable bonds is 4. The third-order valence-corrected chi connectivity index (χ3v) is 5.32. The summed E-state index contributed by atoms with van der Waals surface area (Å²) in [7, 11) is 0.285. The number of aliphatic imine (C=N–C) groups is 1. The summed E-state index contributed by atoms with van der Waals surface area (Å²) < 4.78 is 0. The normalized spacial score (nSPS) is 14.5. The highest BCUT2D eigenvalue weighted by molar-refractivity contribution is 6.77. The molecule has 0 aromatic carbocycles. The Bertz CT molecular complexity index is 373. The maximum Gasteiger partial charge on any atom is 0.171 e. The van der Waals surface area contributed by atoms with E-state index in [1.165, 1.54) is 0 Å². The molecule has 0 saturated heterocycles. The van der Waals surface area contributed by atoms with Crippen molar-refractivity contribution < 1.29 is 4.84 Å². The predicted octanol–water partition coefficient (Wildman–Crippen LogP) is 2.25. The van der Waals surface area contributed by atoms with Crippen molar-refractivity contribution in [2.24, 2.45) is 4.99 Å². The Labute approximate surface area is 104 Å². The van der Waals surface area contributed by atoms with Gasteiger partial charge in [0.2, 0.25) is 0 Å². The van der Waals surface area contributed by atoms with Crippen LogP contribution < -0.4 is 5.48 Å². The molecule has 1 unspecified atom stereocenters. The zero-order chi connectivity index (χ0) is 12.9. The van der Waals surface area contributed by atoms with Gasteiger partial charge in [-0.2, -0.15) is 0 Å². The van der Waals surface area contributed by atoms with Crippen LogP contribution >= 0.6 is 0 Å². The number of pyridine rings is 1. The summed E-state index contributed by atoms with van der Waals surface area (Å²) in [6.07, 6.45) is 1.75. The number of hydrogen-bond donors (Lipinski definition) is 1. The van der Waals surface area contributed by atoms with Gasteiger partial charge in [-0.15, -0.1) is 0 Å². The van der Waals surface area contributed by atoms with Crippen LogP contribution in [-0.2, 0) is 4.84 Å². The number of aromatic nitrogens is 1. The first-order valence-corrected chi connectivity index (χ1v) is 9.31. The monoisotopic (exact) mass is 251 g/mol. The van der Waals surface area contributed by atoms with Crippen LogP contribution in [0, 0.1) is 0 Å². The quantitative estimate of drug-likeness (QED) is 0.386.